The first-order valence-corrected chi connectivity index (χ1v) is 9.35. The lowest BCUT2D eigenvalue weighted by Gasteiger charge is -2.22. The molecule has 0 saturated heterocycles. The molecule has 0 spiro atoms. The van der Waals surface area contributed by atoms with E-state index in [0.29, 0.717) is 19.6 Å². The third-order valence-electron chi connectivity index (χ3n) is 4.47. The minimum absolute atomic E-state index is 0.0539. The van der Waals surface area contributed by atoms with Crippen molar-refractivity contribution in [1.29, 1.82) is 0 Å². The number of hydrogen-bond donors (Lipinski definition) is 1. The highest BCUT2D eigenvalue weighted by atomic mass is 16.2. The van der Waals surface area contributed by atoms with Crippen molar-refractivity contribution in [3.05, 3.63) is 59.3 Å². The van der Waals surface area contributed by atoms with E-state index in [1.54, 1.807) is 0 Å². The normalized spacial score (nSPS) is 10.5. The summed E-state index contributed by atoms with van der Waals surface area (Å²) in [5.74, 6) is 0.972. The Morgan fingerprint density at radius 2 is 1.81 bits per heavy atom. The SMILES string of the molecule is CCN(Cc1cccc(C)c1)C(=O)NCc1ccc(N(CC)CC)nc1. The van der Waals surface area contributed by atoms with Crippen LogP contribution in [-0.4, -0.2) is 35.5 Å². The molecule has 0 bridgehead atoms. The predicted molar refractivity (Wildman–Crippen MR) is 107 cm³/mol. The largest absolute Gasteiger partial charge is 0.357 e. The Balaban J connectivity index is 1.91. The van der Waals surface area contributed by atoms with E-state index >= 15 is 0 Å². The number of carbonyl (C=O) groups is 1. The number of benzene rings is 1. The number of anilines is 1. The van der Waals surface area contributed by atoms with Crippen molar-refractivity contribution in [2.75, 3.05) is 24.5 Å². The average Bonchev–Trinajstić information content (AvgIpc) is 2.66. The van der Waals surface area contributed by atoms with E-state index in [4.69, 9.17) is 0 Å². The Morgan fingerprint density at radius 1 is 1.04 bits per heavy atom. The minimum atomic E-state index is -0.0539. The summed E-state index contributed by atoms with van der Waals surface area (Å²) < 4.78 is 0. The van der Waals surface area contributed by atoms with Crippen LogP contribution in [0.2, 0.25) is 0 Å². The summed E-state index contributed by atoms with van der Waals surface area (Å²) in [6, 6.07) is 12.2. The molecule has 5 nitrogen and oxygen atoms in total. The molecule has 2 aromatic rings. The van der Waals surface area contributed by atoms with Crippen LogP contribution >= 0.6 is 0 Å². The summed E-state index contributed by atoms with van der Waals surface area (Å²) >= 11 is 0. The molecule has 26 heavy (non-hydrogen) atoms. The van der Waals surface area contributed by atoms with Gasteiger partial charge in [-0.1, -0.05) is 35.9 Å². The summed E-state index contributed by atoms with van der Waals surface area (Å²) in [5, 5.41) is 2.99. The first-order valence-electron chi connectivity index (χ1n) is 9.35. The van der Waals surface area contributed by atoms with Gasteiger partial charge < -0.3 is 15.1 Å². The summed E-state index contributed by atoms with van der Waals surface area (Å²) in [7, 11) is 0. The summed E-state index contributed by atoms with van der Waals surface area (Å²) in [6.45, 7) is 11.9. The molecule has 2 rings (SSSR count). The maximum Gasteiger partial charge on any atom is 0.317 e. The van der Waals surface area contributed by atoms with E-state index < -0.39 is 0 Å². The van der Waals surface area contributed by atoms with Gasteiger partial charge in [-0.05, 0) is 44.9 Å². The van der Waals surface area contributed by atoms with E-state index in [-0.39, 0.29) is 6.03 Å². The molecule has 2 amide bonds. The van der Waals surface area contributed by atoms with Gasteiger partial charge in [0.25, 0.3) is 0 Å². The van der Waals surface area contributed by atoms with Gasteiger partial charge in [0.05, 0.1) is 0 Å². The van der Waals surface area contributed by atoms with Crippen LogP contribution in [0.3, 0.4) is 0 Å². The molecule has 0 unspecified atom stereocenters. The van der Waals surface area contributed by atoms with Crippen molar-refractivity contribution >= 4 is 11.8 Å². The number of rotatable bonds is 8. The molecule has 0 aliphatic carbocycles. The van der Waals surface area contributed by atoms with Crippen molar-refractivity contribution in [2.24, 2.45) is 0 Å². The van der Waals surface area contributed by atoms with Gasteiger partial charge in [0.1, 0.15) is 5.82 Å². The van der Waals surface area contributed by atoms with Crippen molar-refractivity contribution in [2.45, 2.75) is 40.8 Å². The Bertz CT molecular complexity index is 695. The zero-order chi connectivity index (χ0) is 18.9. The lowest BCUT2D eigenvalue weighted by atomic mass is 10.1. The molecule has 5 heteroatoms. The van der Waals surface area contributed by atoms with Crippen molar-refractivity contribution in [3.63, 3.8) is 0 Å². The lowest BCUT2D eigenvalue weighted by molar-refractivity contribution is 0.197. The molecule has 0 aliphatic heterocycles. The number of hydrogen-bond acceptors (Lipinski definition) is 3. The molecule has 1 heterocycles. The molecule has 1 N–H and O–H groups in total. The number of amides is 2. The first-order chi connectivity index (χ1) is 12.6. The van der Waals surface area contributed by atoms with Gasteiger partial charge in [0, 0.05) is 38.9 Å². The van der Waals surface area contributed by atoms with E-state index in [2.05, 4.69) is 54.2 Å². The monoisotopic (exact) mass is 354 g/mol. The van der Waals surface area contributed by atoms with Crippen LogP contribution < -0.4 is 10.2 Å². The molecule has 0 fully saturated rings. The summed E-state index contributed by atoms with van der Waals surface area (Å²) in [6.07, 6.45) is 1.84. The molecule has 1 aromatic carbocycles. The van der Waals surface area contributed by atoms with Gasteiger partial charge in [-0.15, -0.1) is 0 Å². The van der Waals surface area contributed by atoms with Crippen molar-refractivity contribution in [3.8, 4) is 0 Å². The number of aromatic nitrogens is 1. The van der Waals surface area contributed by atoms with Gasteiger partial charge in [-0.3, -0.25) is 0 Å². The molecule has 0 radical (unpaired) electrons. The zero-order valence-corrected chi connectivity index (χ0v) is 16.3. The lowest BCUT2D eigenvalue weighted by Crippen LogP contribution is -2.39. The van der Waals surface area contributed by atoms with Crippen LogP contribution in [0.4, 0.5) is 10.6 Å². The Kier molecular flexibility index (Phi) is 7.45. The summed E-state index contributed by atoms with van der Waals surface area (Å²) in [4.78, 5) is 21.0. The van der Waals surface area contributed by atoms with Crippen LogP contribution in [-0.2, 0) is 13.1 Å². The smallest absolute Gasteiger partial charge is 0.317 e. The van der Waals surface area contributed by atoms with E-state index in [1.807, 2.05) is 36.2 Å². The quantitative estimate of drug-likeness (QED) is 0.780. The topological polar surface area (TPSA) is 48.5 Å². The van der Waals surface area contributed by atoms with Crippen LogP contribution in [0.5, 0.6) is 0 Å². The highest BCUT2D eigenvalue weighted by Gasteiger charge is 2.12. The number of aryl methyl sites for hydroxylation is 1. The third kappa shape index (κ3) is 5.48. The van der Waals surface area contributed by atoms with Gasteiger partial charge in [-0.25, -0.2) is 9.78 Å². The fraction of sp³-hybridized carbons (Fsp3) is 0.429. The molecule has 0 atom stereocenters. The molecule has 0 aliphatic rings. The number of nitrogens with one attached hydrogen (secondary N) is 1. The van der Waals surface area contributed by atoms with Gasteiger partial charge >= 0.3 is 6.03 Å². The number of urea groups is 1. The third-order valence-corrected chi connectivity index (χ3v) is 4.47. The molecule has 0 saturated carbocycles. The van der Waals surface area contributed by atoms with Crippen LogP contribution in [0, 0.1) is 6.92 Å². The van der Waals surface area contributed by atoms with E-state index in [9.17, 15) is 4.79 Å². The Hall–Kier alpha value is -2.56. The van der Waals surface area contributed by atoms with Gasteiger partial charge in [-0.2, -0.15) is 0 Å². The van der Waals surface area contributed by atoms with Gasteiger partial charge in [0.2, 0.25) is 0 Å². The molecular weight excluding hydrogens is 324 g/mol. The zero-order valence-electron chi connectivity index (χ0n) is 16.3. The predicted octanol–water partition coefficient (Wildman–Crippen LogP) is 3.97. The molecule has 1 aromatic heterocycles. The number of pyridine rings is 1. The highest BCUT2D eigenvalue weighted by molar-refractivity contribution is 5.74. The van der Waals surface area contributed by atoms with Crippen LogP contribution in [0.1, 0.15) is 37.5 Å². The maximum absolute atomic E-state index is 12.5. The molecular formula is C21H30N4O. The second kappa shape index (κ2) is 9.80. The fourth-order valence-corrected chi connectivity index (χ4v) is 2.90. The summed E-state index contributed by atoms with van der Waals surface area (Å²) in [5.41, 5.74) is 3.35. The van der Waals surface area contributed by atoms with E-state index in [0.717, 1.165) is 30.0 Å². The Labute approximate surface area is 157 Å². The first kappa shape index (κ1) is 19.8. The Morgan fingerprint density at radius 3 is 2.38 bits per heavy atom. The average molecular weight is 354 g/mol. The van der Waals surface area contributed by atoms with Gasteiger partial charge in [0.15, 0.2) is 0 Å². The fourth-order valence-electron chi connectivity index (χ4n) is 2.90. The van der Waals surface area contributed by atoms with Crippen molar-refractivity contribution in [1.82, 2.24) is 15.2 Å². The second-order valence-corrected chi connectivity index (χ2v) is 6.36. The standard InChI is InChI=1S/C21H30N4O/c1-5-24(6-2)20-12-11-19(14-22-20)15-23-21(26)25(7-3)16-18-10-8-9-17(4)13-18/h8-14H,5-7,15-16H2,1-4H3,(H,23,26). The van der Waals surface area contributed by atoms with Crippen LogP contribution in [0.15, 0.2) is 42.6 Å². The number of carbonyl (C=O) groups excluding carboxylic acids is 1. The number of nitrogens with zero attached hydrogens (tertiary/aromatic N) is 3. The van der Waals surface area contributed by atoms with E-state index in [1.165, 1.54) is 5.56 Å². The second-order valence-electron chi connectivity index (χ2n) is 6.36. The maximum atomic E-state index is 12.5. The van der Waals surface area contributed by atoms with Crippen LogP contribution in [0.25, 0.3) is 0 Å². The highest BCUT2D eigenvalue weighted by Crippen LogP contribution is 2.11. The van der Waals surface area contributed by atoms with Crippen molar-refractivity contribution < 1.29 is 4.79 Å². The minimum Gasteiger partial charge on any atom is -0.357 e. The molecule has 140 valence electrons.